The van der Waals surface area contributed by atoms with E-state index in [-0.39, 0.29) is 24.3 Å². The van der Waals surface area contributed by atoms with Crippen LogP contribution in [0, 0.1) is 18.8 Å². The molecule has 0 radical (unpaired) electrons. The first-order valence-corrected chi connectivity index (χ1v) is 20.4. The summed E-state index contributed by atoms with van der Waals surface area (Å²) >= 11 is 0. The van der Waals surface area contributed by atoms with Crippen molar-refractivity contribution < 1.29 is 14.4 Å². The summed E-state index contributed by atoms with van der Waals surface area (Å²) in [6.07, 6.45) is 8.81. The smallest absolute Gasteiger partial charge is 0.255 e. The highest BCUT2D eigenvalue weighted by Crippen LogP contribution is 2.39. The van der Waals surface area contributed by atoms with Gasteiger partial charge in [-0.1, -0.05) is 74.9 Å². The van der Waals surface area contributed by atoms with E-state index in [0.29, 0.717) is 32.6 Å². The molecule has 0 saturated heterocycles. The number of hydrogen-bond acceptors (Lipinski definition) is 4. The van der Waals surface area contributed by atoms with Gasteiger partial charge in [0.1, 0.15) is 0 Å². The molecule has 0 spiro atoms. The number of carbonyl (C=O) groups is 3. The Labute approximate surface area is 335 Å². The molecule has 3 amide bonds. The summed E-state index contributed by atoms with van der Waals surface area (Å²) in [5.41, 5.74) is 18.1. The maximum absolute atomic E-state index is 15.0. The van der Waals surface area contributed by atoms with Crippen LogP contribution in [-0.4, -0.2) is 70.7 Å². The van der Waals surface area contributed by atoms with Crippen molar-refractivity contribution in [2.24, 2.45) is 12.8 Å². The highest BCUT2D eigenvalue weighted by molar-refractivity contribution is 6.02. The molecule has 0 fully saturated rings. The molecule has 0 unspecified atom stereocenters. The summed E-state index contributed by atoms with van der Waals surface area (Å²) in [6.45, 7) is 11.4. The fourth-order valence-electron chi connectivity index (χ4n) is 8.23. The van der Waals surface area contributed by atoms with Gasteiger partial charge in [-0.25, -0.2) is 0 Å². The first kappa shape index (κ1) is 42.0. The second-order valence-corrected chi connectivity index (χ2v) is 15.7. The van der Waals surface area contributed by atoms with Crippen LogP contribution >= 0.6 is 0 Å². The van der Waals surface area contributed by atoms with Gasteiger partial charge in [0.05, 0.1) is 18.7 Å². The first-order chi connectivity index (χ1) is 27.0. The number of hydrogen-bond donors (Lipinski definition) is 1. The molecule has 3 heterocycles. The van der Waals surface area contributed by atoms with Gasteiger partial charge in [0.15, 0.2) is 0 Å². The molecule has 296 valence electrons. The second kappa shape index (κ2) is 19.6. The molecule has 2 N–H and O–H groups in total. The zero-order chi connectivity index (χ0) is 40.4. The number of nitrogens with zero attached hydrogens (tertiary/aromatic N) is 4. The Morgan fingerprint density at radius 2 is 1.61 bits per heavy atom. The lowest BCUT2D eigenvalue weighted by Gasteiger charge is -2.36. The molecule has 8 heteroatoms. The highest BCUT2D eigenvalue weighted by atomic mass is 16.2. The number of nitrogens with two attached hydrogens (primary N) is 1. The topological polar surface area (TPSA) is 91.9 Å². The van der Waals surface area contributed by atoms with E-state index in [4.69, 9.17) is 4.79 Å². The minimum absolute atomic E-state index is 0.0795. The summed E-state index contributed by atoms with van der Waals surface area (Å²) < 4.78 is 2.36. The number of benzene rings is 3. The van der Waals surface area contributed by atoms with Gasteiger partial charge in [-0.05, 0) is 130 Å². The highest BCUT2D eigenvalue weighted by Gasteiger charge is 2.33. The van der Waals surface area contributed by atoms with Crippen LogP contribution in [0.1, 0.15) is 107 Å². The van der Waals surface area contributed by atoms with Gasteiger partial charge in [-0.15, -0.1) is 0 Å². The molecule has 0 bridgehead atoms. The van der Waals surface area contributed by atoms with Crippen LogP contribution in [-0.2, 0) is 61.8 Å². The van der Waals surface area contributed by atoms with E-state index in [0.717, 1.165) is 79.2 Å². The third kappa shape index (κ3) is 9.81. The number of fused-ring (bicyclic) bond motifs is 2. The Morgan fingerprint density at radius 3 is 2.30 bits per heavy atom. The van der Waals surface area contributed by atoms with Gasteiger partial charge in [-0.3, -0.25) is 19.3 Å². The molecular formula is C48H61N5O3. The van der Waals surface area contributed by atoms with Crippen molar-refractivity contribution in [2.45, 2.75) is 105 Å². The number of amides is 3. The minimum Gasteiger partial charge on any atom is -0.372 e. The SMILES string of the molecule is CCCCc1c(CCCC)c(-c2cc3c(cc2C(=O)N2Cc4ccccc4C[C@H]2C)CN(C(=O)Cc2cccc(C#CCN(C)C)c2)CC3)n(C)c1C.NC=O. The normalized spacial score (nSPS) is 14.6. The van der Waals surface area contributed by atoms with E-state index in [1.54, 1.807) is 0 Å². The summed E-state index contributed by atoms with van der Waals surface area (Å²) in [7, 11) is 6.20. The maximum Gasteiger partial charge on any atom is 0.255 e. The van der Waals surface area contributed by atoms with Gasteiger partial charge < -0.3 is 20.1 Å². The molecule has 0 saturated carbocycles. The van der Waals surface area contributed by atoms with Crippen LogP contribution in [0.2, 0.25) is 0 Å². The number of carbonyl (C=O) groups excluding carboxylic acids is 3. The molecule has 4 aromatic rings. The zero-order valence-corrected chi connectivity index (χ0v) is 34.7. The first-order valence-electron chi connectivity index (χ1n) is 20.4. The predicted octanol–water partition coefficient (Wildman–Crippen LogP) is 7.41. The summed E-state index contributed by atoms with van der Waals surface area (Å²) in [5, 5.41) is 0. The minimum atomic E-state index is 0.0795. The number of aromatic nitrogens is 1. The average Bonchev–Trinajstić information content (AvgIpc) is 3.42. The van der Waals surface area contributed by atoms with Gasteiger partial charge in [0.2, 0.25) is 12.3 Å². The maximum atomic E-state index is 15.0. The van der Waals surface area contributed by atoms with Crippen LogP contribution < -0.4 is 5.73 Å². The van der Waals surface area contributed by atoms with Gasteiger partial charge in [0.25, 0.3) is 5.91 Å². The fourth-order valence-corrected chi connectivity index (χ4v) is 8.23. The number of unbranched alkanes of at least 4 members (excludes halogenated alkanes) is 2. The lowest BCUT2D eigenvalue weighted by Crippen LogP contribution is -2.43. The van der Waals surface area contributed by atoms with Crippen molar-refractivity contribution in [3.05, 3.63) is 116 Å². The Kier molecular flexibility index (Phi) is 14.7. The van der Waals surface area contributed by atoms with Crippen LogP contribution in [0.15, 0.2) is 60.7 Å². The van der Waals surface area contributed by atoms with Crippen LogP contribution in [0.4, 0.5) is 0 Å². The predicted molar refractivity (Wildman–Crippen MR) is 227 cm³/mol. The fraction of sp³-hybridized carbons (Fsp3) is 0.438. The molecule has 0 aliphatic carbocycles. The van der Waals surface area contributed by atoms with Crippen molar-refractivity contribution in [1.29, 1.82) is 0 Å². The third-order valence-corrected chi connectivity index (χ3v) is 11.4. The van der Waals surface area contributed by atoms with Crippen molar-refractivity contribution in [3.8, 4) is 23.1 Å². The van der Waals surface area contributed by atoms with Crippen molar-refractivity contribution in [1.82, 2.24) is 19.3 Å². The molecule has 56 heavy (non-hydrogen) atoms. The third-order valence-electron chi connectivity index (χ3n) is 11.4. The molecule has 1 aromatic heterocycles. The lowest BCUT2D eigenvalue weighted by atomic mass is 9.87. The monoisotopic (exact) mass is 755 g/mol. The molecule has 3 aromatic carbocycles. The van der Waals surface area contributed by atoms with Gasteiger partial charge in [-0.2, -0.15) is 0 Å². The molecule has 6 rings (SSSR count). The van der Waals surface area contributed by atoms with Crippen molar-refractivity contribution in [3.63, 3.8) is 0 Å². The summed E-state index contributed by atoms with van der Waals surface area (Å²) in [4.78, 5) is 43.5. The number of primary amides is 1. The standard InChI is InChI=1S/C47H58N4O2.CH3NO/c1-8-10-21-41-34(4)49(7)46(42(41)22-11-9-2)43-29-38-23-25-50(45(52)28-36-17-14-16-35(27-36)18-15-24-48(5)6)31-40(38)30-44(43)47(53)51-32-39-20-13-12-19-37(39)26-33(51)3;2-1-3/h12-14,16-17,19-20,27,29-30,33H,8-11,21-26,28,31-32H2,1-7H3;1H,(H2,2,3)/t33-;/m1./s1. The van der Waals surface area contributed by atoms with E-state index in [1.807, 2.05) is 48.2 Å². The molecule has 2 aliphatic rings. The Balaban J connectivity index is 0.00000194. The summed E-state index contributed by atoms with van der Waals surface area (Å²) in [6, 6.07) is 21.1. The van der Waals surface area contributed by atoms with Gasteiger partial charge in [0, 0.05) is 55.1 Å². The molecule has 8 nitrogen and oxygen atoms in total. The van der Waals surface area contributed by atoms with Crippen molar-refractivity contribution in [2.75, 3.05) is 27.2 Å². The quantitative estimate of drug-likeness (QED) is 0.128. The lowest BCUT2D eigenvalue weighted by molar-refractivity contribution is -0.131. The Bertz CT molecular complexity index is 2080. The van der Waals surface area contributed by atoms with Crippen molar-refractivity contribution >= 4 is 18.2 Å². The average molecular weight is 756 g/mol. The van der Waals surface area contributed by atoms with E-state index in [1.165, 1.54) is 39.2 Å². The van der Waals surface area contributed by atoms with E-state index in [2.05, 4.69) is 98.2 Å². The zero-order valence-electron chi connectivity index (χ0n) is 34.7. The number of rotatable bonds is 11. The summed E-state index contributed by atoms with van der Waals surface area (Å²) in [5.74, 6) is 6.61. The van der Waals surface area contributed by atoms with Crippen LogP contribution in [0.5, 0.6) is 0 Å². The van der Waals surface area contributed by atoms with Crippen LogP contribution in [0.3, 0.4) is 0 Å². The van der Waals surface area contributed by atoms with Crippen LogP contribution in [0.25, 0.3) is 11.3 Å². The molecule has 1 atom stereocenters. The molecular weight excluding hydrogens is 695 g/mol. The van der Waals surface area contributed by atoms with Gasteiger partial charge >= 0.3 is 0 Å². The largest absolute Gasteiger partial charge is 0.372 e. The Hall–Kier alpha value is -5.13. The van der Waals surface area contributed by atoms with E-state index in [9.17, 15) is 4.79 Å². The van der Waals surface area contributed by atoms with E-state index < -0.39 is 0 Å². The second-order valence-electron chi connectivity index (χ2n) is 15.7. The van der Waals surface area contributed by atoms with E-state index >= 15 is 4.79 Å². The molecule has 2 aliphatic heterocycles. The Morgan fingerprint density at radius 1 is 0.911 bits per heavy atom.